The predicted molar refractivity (Wildman–Crippen MR) is 79.5 cm³/mol. The van der Waals surface area contributed by atoms with Crippen LogP contribution in [-0.2, 0) is 10.2 Å². The standard InChI is InChI=1S/C14H22N4OS/c1-14(2,3)12-17-18-13(20-12)16-11(19)9-7-4-5-8(6-7)10(9)15/h7-10H,4-6,15H2,1-3H3,(H,16,18,19). The number of hydrogen-bond donors (Lipinski definition) is 2. The van der Waals surface area contributed by atoms with Gasteiger partial charge < -0.3 is 11.1 Å². The van der Waals surface area contributed by atoms with E-state index in [1.807, 2.05) is 0 Å². The Hall–Kier alpha value is -1.01. The molecule has 4 unspecified atom stereocenters. The summed E-state index contributed by atoms with van der Waals surface area (Å²) in [6.07, 6.45) is 3.44. The minimum Gasteiger partial charge on any atom is -0.327 e. The highest BCUT2D eigenvalue weighted by Gasteiger charge is 2.49. The van der Waals surface area contributed by atoms with Crippen molar-refractivity contribution in [3.8, 4) is 0 Å². The Labute approximate surface area is 123 Å². The van der Waals surface area contributed by atoms with Crippen molar-refractivity contribution in [2.24, 2.45) is 23.5 Å². The smallest absolute Gasteiger partial charge is 0.231 e. The lowest BCUT2D eigenvalue weighted by Gasteiger charge is -2.26. The van der Waals surface area contributed by atoms with E-state index in [9.17, 15) is 4.79 Å². The third kappa shape index (κ3) is 2.35. The van der Waals surface area contributed by atoms with E-state index in [-0.39, 0.29) is 23.3 Å². The Bertz CT molecular complexity index is 519. The van der Waals surface area contributed by atoms with Crippen LogP contribution in [0.5, 0.6) is 0 Å². The molecular weight excluding hydrogens is 272 g/mol. The van der Waals surface area contributed by atoms with Crippen molar-refractivity contribution in [2.45, 2.75) is 51.5 Å². The van der Waals surface area contributed by atoms with Gasteiger partial charge in [-0.3, -0.25) is 4.79 Å². The van der Waals surface area contributed by atoms with Gasteiger partial charge in [0.05, 0.1) is 5.92 Å². The number of nitrogens with zero attached hydrogens (tertiary/aromatic N) is 2. The Morgan fingerprint density at radius 3 is 2.55 bits per heavy atom. The molecule has 0 radical (unpaired) electrons. The van der Waals surface area contributed by atoms with Crippen LogP contribution in [0, 0.1) is 17.8 Å². The Morgan fingerprint density at radius 2 is 2.00 bits per heavy atom. The van der Waals surface area contributed by atoms with E-state index >= 15 is 0 Å². The predicted octanol–water partition coefficient (Wildman–Crippen LogP) is 2.15. The number of fused-ring (bicyclic) bond motifs is 2. The van der Waals surface area contributed by atoms with Crippen LogP contribution >= 0.6 is 11.3 Å². The molecule has 2 aliphatic carbocycles. The highest BCUT2D eigenvalue weighted by Crippen LogP contribution is 2.48. The number of nitrogens with two attached hydrogens (primary N) is 1. The zero-order valence-corrected chi connectivity index (χ0v) is 13.0. The maximum absolute atomic E-state index is 12.4. The molecule has 20 heavy (non-hydrogen) atoms. The van der Waals surface area contributed by atoms with Crippen molar-refractivity contribution in [3.63, 3.8) is 0 Å². The number of carbonyl (C=O) groups is 1. The second kappa shape index (κ2) is 4.77. The second-order valence-electron chi connectivity index (χ2n) is 7.09. The molecule has 0 aliphatic heterocycles. The molecule has 1 amide bonds. The average Bonchev–Trinajstić information content (AvgIpc) is 3.01. The first-order valence-corrected chi connectivity index (χ1v) is 8.08. The van der Waals surface area contributed by atoms with E-state index < -0.39 is 0 Å². The lowest BCUT2D eigenvalue weighted by atomic mass is 9.84. The molecule has 0 aromatic carbocycles. The quantitative estimate of drug-likeness (QED) is 0.875. The van der Waals surface area contributed by atoms with Crippen LogP contribution in [0.25, 0.3) is 0 Å². The van der Waals surface area contributed by atoms with Gasteiger partial charge in [0.25, 0.3) is 0 Å². The number of carbonyl (C=O) groups excluding carboxylic acids is 1. The monoisotopic (exact) mass is 294 g/mol. The van der Waals surface area contributed by atoms with Gasteiger partial charge in [0, 0.05) is 11.5 Å². The molecule has 6 heteroatoms. The molecule has 110 valence electrons. The van der Waals surface area contributed by atoms with Crippen molar-refractivity contribution < 1.29 is 4.79 Å². The lowest BCUT2D eigenvalue weighted by Crippen LogP contribution is -2.42. The molecular formula is C14H22N4OS. The fourth-order valence-corrected chi connectivity index (χ4v) is 4.29. The van der Waals surface area contributed by atoms with Gasteiger partial charge in [-0.2, -0.15) is 0 Å². The highest BCUT2D eigenvalue weighted by molar-refractivity contribution is 7.15. The molecule has 2 aliphatic rings. The number of aromatic nitrogens is 2. The summed E-state index contributed by atoms with van der Waals surface area (Å²) in [5.41, 5.74) is 6.16. The van der Waals surface area contributed by atoms with Crippen LogP contribution in [0.3, 0.4) is 0 Å². The molecule has 4 atom stereocenters. The molecule has 3 rings (SSSR count). The maximum Gasteiger partial charge on any atom is 0.231 e. The van der Waals surface area contributed by atoms with Gasteiger partial charge in [-0.05, 0) is 31.1 Å². The van der Waals surface area contributed by atoms with E-state index in [1.165, 1.54) is 17.8 Å². The maximum atomic E-state index is 12.4. The van der Waals surface area contributed by atoms with E-state index in [2.05, 4.69) is 36.3 Å². The normalized spacial score (nSPS) is 32.6. The SMILES string of the molecule is CC(C)(C)c1nnc(NC(=O)C2C3CCC(C3)C2N)s1. The summed E-state index contributed by atoms with van der Waals surface area (Å²) in [7, 11) is 0. The zero-order chi connectivity index (χ0) is 14.5. The molecule has 5 nitrogen and oxygen atoms in total. The molecule has 0 spiro atoms. The van der Waals surface area contributed by atoms with E-state index in [4.69, 9.17) is 5.73 Å². The molecule has 1 aromatic rings. The van der Waals surface area contributed by atoms with Crippen molar-refractivity contribution in [1.29, 1.82) is 0 Å². The zero-order valence-electron chi connectivity index (χ0n) is 12.2. The Balaban J connectivity index is 1.69. The van der Waals surface area contributed by atoms with Gasteiger partial charge in [0.15, 0.2) is 0 Å². The highest BCUT2D eigenvalue weighted by atomic mass is 32.1. The van der Waals surface area contributed by atoms with Crippen LogP contribution in [0.1, 0.15) is 45.0 Å². The minimum absolute atomic E-state index is 0.0174. The number of rotatable bonds is 2. The number of hydrogen-bond acceptors (Lipinski definition) is 5. The largest absolute Gasteiger partial charge is 0.327 e. The summed E-state index contributed by atoms with van der Waals surface area (Å²) >= 11 is 1.45. The molecule has 2 fully saturated rings. The third-order valence-corrected chi connectivity index (χ3v) is 5.84. The van der Waals surface area contributed by atoms with Gasteiger partial charge in [-0.15, -0.1) is 10.2 Å². The summed E-state index contributed by atoms with van der Waals surface area (Å²) in [6.45, 7) is 6.26. The topological polar surface area (TPSA) is 80.9 Å². The van der Waals surface area contributed by atoms with Gasteiger partial charge >= 0.3 is 0 Å². The van der Waals surface area contributed by atoms with Gasteiger partial charge in [-0.1, -0.05) is 32.1 Å². The van der Waals surface area contributed by atoms with Crippen molar-refractivity contribution in [2.75, 3.05) is 5.32 Å². The van der Waals surface area contributed by atoms with Crippen molar-refractivity contribution >= 4 is 22.4 Å². The van der Waals surface area contributed by atoms with E-state index in [0.717, 1.165) is 17.8 Å². The van der Waals surface area contributed by atoms with Crippen molar-refractivity contribution in [1.82, 2.24) is 10.2 Å². The van der Waals surface area contributed by atoms with E-state index in [1.54, 1.807) is 0 Å². The Morgan fingerprint density at radius 1 is 1.30 bits per heavy atom. The summed E-state index contributed by atoms with van der Waals surface area (Å²) in [5.74, 6) is 0.984. The number of anilines is 1. The van der Waals surface area contributed by atoms with Crippen LogP contribution in [0.15, 0.2) is 0 Å². The number of nitrogens with one attached hydrogen (secondary N) is 1. The summed E-state index contributed by atoms with van der Waals surface area (Å²) in [5, 5.41) is 12.7. The van der Waals surface area contributed by atoms with Crippen LogP contribution in [-0.4, -0.2) is 22.1 Å². The molecule has 1 aromatic heterocycles. The second-order valence-corrected chi connectivity index (χ2v) is 8.07. The third-order valence-electron chi connectivity index (χ3n) is 4.58. The molecule has 2 saturated carbocycles. The molecule has 1 heterocycles. The van der Waals surface area contributed by atoms with Gasteiger partial charge in [0.1, 0.15) is 5.01 Å². The molecule has 0 saturated heterocycles. The molecule has 3 N–H and O–H groups in total. The first kappa shape index (κ1) is 13.9. The minimum atomic E-state index is -0.0456. The fourth-order valence-electron chi connectivity index (χ4n) is 3.49. The van der Waals surface area contributed by atoms with Gasteiger partial charge in [0.2, 0.25) is 11.0 Å². The van der Waals surface area contributed by atoms with Crippen LogP contribution < -0.4 is 11.1 Å². The first-order chi connectivity index (χ1) is 9.36. The Kier molecular flexibility index (Phi) is 3.33. The van der Waals surface area contributed by atoms with Crippen LogP contribution in [0.4, 0.5) is 5.13 Å². The van der Waals surface area contributed by atoms with E-state index in [0.29, 0.717) is 17.0 Å². The summed E-state index contributed by atoms with van der Waals surface area (Å²) < 4.78 is 0. The first-order valence-electron chi connectivity index (χ1n) is 7.26. The van der Waals surface area contributed by atoms with Crippen molar-refractivity contribution in [3.05, 3.63) is 5.01 Å². The van der Waals surface area contributed by atoms with Crippen LogP contribution in [0.2, 0.25) is 0 Å². The fraction of sp³-hybridized carbons (Fsp3) is 0.786. The summed E-state index contributed by atoms with van der Waals surface area (Å²) in [4.78, 5) is 12.4. The van der Waals surface area contributed by atoms with Gasteiger partial charge in [-0.25, -0.2) is 0 Å². The number of amides is 1. The lowest BCUT2D eigenvalue weighted by molar-refractivity contribution is -0.121. The molecule has 2 bridgehead atoms. The summed E-state index contributed by atoms with van der Waals surface area (Å²) in [6, 6.07) is 0.0174. The average molecular weight is 294 g/mol.